The summed E-state index contributed by atoms with van der Waals surface area (Å²) in [6.07, 6.45) is -5.54. The first kappa shape index (κ1) is 19.1. The molecule has 1 aromatic carbocycles. The lowest BCUT2D eigenvalue weighted by Gasteiger charge is -2.30. The Morgan fingerprint density at radius 2 is 2.04 bits per heavy atom. The number of aryl methyl sites for hydroxylation is 1. The van der Waals surface area contributed by atoms with Gasteiger partial charge in [-0.25, -0.2) is 0 Å². The summed E-state index contributed by atoms with van der Waals surface area (Å²) in [5.74, 6) is -0.805. The van der Waals surface area contributed by atoms with E-state index >= 15 is 0 Å². The highest BCUT2D eigenvalue weighted by atomic mass is 19.4. The molecule has 0 spiro atoms. The number of carbonyl (C=O) groups excluding carboxylic acids is 1. The van der Waals surface area contributed by atoms with Crippen LogP contribution in [0.4, 0.5) is 19.0 Å². The van der Waals surface area contributed by atoms with Crippen molar-refractivity contribution in [3.63, 3.8) is 0 Å². The molecule has 1 atom stereocenters. The third-order valence-electron chi connectivity index (χ3n) is 4.17. The second kappa shape index (κ2) is 7.12. The van der Waals surface area contributed by atoms with Gasteiger partial charge in [0.05, 0.1) is 31.0 Å². The summed E-state index contributed by atoms with van der Waals surface area (Å²) in [7, 11) is 0. The molecule has 1 saturated heterocycles. The molecule has 1 fully saturated rings. The minimum atomic E-state index is -4.57. The van der Waals surface area contributed by atoms with Crippen LogP contribution in [0.2, 0.25) is 0 Å². The van der Waals surface area contributed by atoms with Gasteiger partial charge in [0.15, 0.2) is 11.9 Å². The molecule has 2 heterocycles. The minimum absolute atomic E-state index is 0.128. The predicted molar refractivity (Wildman–Crippen MR) is 88.1 cm³/mol. The predicted octanol–water partition coefficient (Wildman–Crippen LogP) is 1.90. The van der Waals surface area contributed by atoms with Crippen LogP contribution in [-0.2, 0) is 15.7 Å². The van der Waals surface area contributed by atoms with E-state index in [1.54, 1.807) is 0 Å². The zero-order valence-electron chi connectivity index (χ0n) is 14.2. The first-order valence-corrected chi connectivity index (χ1v) is 8.01. The number of aromatic nitrogens is 2. The van der Waals surface area contributed by atoms with E-state index in [1.165, 1.54) is 24.0 Å². The Morgan fingerprint density at radius 3 is 2.59 bits per heavy atom. The van der Waals surface area contributed by atoms with Crippen molar-refractivity contribution in [1.82, 2.24) is 10.2 Å². The van der Waals surface area contributed by atoms with Crippen molar-refractivity contribution in [2.45, 2.75) is 19.2 Å². The molecule has 0 saturated carbocycles. The van der Waals surface area contributed by atoms with Crippen molar-refractivity contribution in [1.29, 1.82) is 0 Å². The number of alkyl halides is 3. The monoisotopic (exact) mass is 383 g/mol. The van der Waals surface area contributed by atoms with E-state index < -0.39 is 36.1 Å². The van der Waals surface area contributed by atoms with E-state index in [-0.39, 0.29) is 35.8 Å². The highest BCUT2D eigenvalue weighted by molar-refractivity contribution is 5.96. The first-order valence-electron chi connectivity index (χ1n) is 8.01. The van der Waals surface area contributed by atoms with Gasteiger partial charge in [-0.1, -0.05) is 0 Å². The van der Waals surface area contributed by atoms with Crippen molar-refractivity contribution in [2.24, 2.45) is 0 Å². The number of ether oxygens (including phenoxy) is 1. The second-order valence-corrected chi connectivity index (χ2v) is 5.99. The number of anilines is 1. The topological polar surface area (TPSA) is 95.8 Å². The smallest absolute Gasteiger partial charge is 0.416 e. The van der Waals surface area contributed by atoms with Crippen LogP contribution >= 0.6 is 0 Å². The van der Waals surface area contributed by atoms with Crippen LogP contribution in [0.3, 0.4) is 0 Å². The number of rotatable bonds is 3. The molecule has 0 aliphatic carbocycles. The van der Waals surface area contributed by atoms with Crippen LogP contribution < -0.4 is 4.90 Å². The number of carbonyl (C=O) groups is 1. The average molecular weight is 383 g/mol. The average Bonchev–Trinajstić information content (AvgIpc) is 2.61. The zero-order chi connectivity index (χ0) is 19.8. The molecular formula is C17H16F3N3O4. The molecule has 1 unspecified atom stereocenters. The molecule has 1 amide bonds. The fraction of sp³-hybridized carbons (Fsp3) is 0.353. The highest BCUT2D eigenvalue weighted by Gasteiger charge is 2.33. The Morgan fingerprint density at radius 1 is 1.30 bits per heavy atom. The SMILES string of the molecule is Cc1cc(C(F)(F)F)cc(O)c1-c1ccc(N2CCOC(CO)C2=O)nn1. The summed E-state index contributed by atoms with van der Waals surface area (Å²) < 4.78 is 43.6. The number of amides is 1. The number of morpholine rings is 1. The Kier molecular flexibility index (Phi) is 5.03. The van der Waals surface area contributed by atoms with Gasteiger partial charge in [0.2, 0.25) is 0 Å². The van der Waals surface area contributed by atoms with Gasteiger partial charge in [0.1, 0.15) is 5.75 Å². The number of halogens is 3. The quantitative estimate of drug-likeness (QED) is 0.841. The molecule has 1 aromatic heterocycles. The molecule has 0 bridgehead atoms. The van der Waals surface area contributed by atoms with E-state index in [0.29, 0.717) is 6.07 Å². The Bertz CT molecular complexity index is 832. The first-order chi connectivity index (χ1) is 12.7. The van der Waals surface area contributed by atoms with E-state index in [4.69, 9.17) is 9.84 Å². The van der Waals surface area contributed by atoms with Crippen molar-refractivity contribution in [2.75, 3.05) is 24.7 Å². The van der Waals surface area contributed by atoms with Gasteiger partial charge < -0.3 is 14.9 Å². The second-order valence-electron chi connectivity index (χ2n) is 5.99. The summed E-state index contributed by atoms with van der Waals surface area (Å²) in [4.78, 5) is 13.5. The van der Waals surface area contributed by atoms with Crippen LogP contribution in [0.15, 0.2) is 24.3 Å². The number of aromatic hydroxyl groups is 1. The maximum atomic E-state index is 12.8. The number of phenolic OH excluding ortho intramolecular Hbond substituents is 1. The standard InChI is InChI=1S/C17H16F3N3O4/c1-9-6-10(17(18,19)20)7-12(25)15(9)11-2-3-14(22-21-11)23-4-5-27-13(8-24)16(23)26/h2-3,6-7,13,24-25H,4-5,8H2,1H3. The summed E-state index contributed by atoms with van der Waals surface area (Å²) in [5, 5.41) is 27.1. The number of nitrogens with zero attached hydrogens (tertiary/aromatic N) is 3. The van der Waals surface area contributed by atoms with E-state index in [2.05, 4.69) is 10.2 Å². The molecule has 2 N–H and O–H groups in total. The molecule has 27 heavy (non-hydrogen) atoms. The lowest BCUT2D eigenvalue weighted by Crippen LogP contribution is -2.49. The summed E-state index contributed by atoms with van der Waals surface area (Å²) in [5.41, 5.74) is -0.475. The molecule has 2 aromatic rings. The molecule has 1 aliphatic rings. The van der Waals surface area contributed by atoms with E-state index in [9.17, 15) is 23.1 Å². The molecule has 1 aliphatic heterocycles. The van der Waals surface area contributed by atoms with Gasteiger partial charge >= 0.3 is 6.18 Å². The lowest BCUT2D eigenvalue weighted by molar-refractivity contribution is -0.138. The minimum Gasteiger partial charge on any atom is -0.507 e. The van der Waals surface area contributed by atoms with Crippen LogP contribution in [0.1, 0.15) is 11.1 Å². The highest BCUT2D eigenvalue weighted by Crippen LogP contribution is 2.38. The number of aliphatic hydroxyl groups is 1. The zero-order valence-corrected chi connectivity index (χ0v) is 14.2. The van der Waals surface area contributed by atoms with Gasteiger partial charge in [-0.3, -0.25) is 9.69 Å². The number of aliphatic hydroxyl groups excluding tert-OH is 1. The van der Waals surface area contributed by atoms with Crippen molar-refractivity contribution < 1.29 is 32.9 Å². The molecule has 7 nitrogen and oxygen atoms in total. The maximum Gasteiger partial charge on any atom is 0.416 e. The molecule has 10 heteroatoms. The van der Waals surface area contributed by atoms with Crippen LogP contribution in [0, 0.1) is 6.92 Å². The summed E-state index contributed by atoms with van der Waals surface area (Å²) >= 11 is 0. The van der Waals surface area contributed by atoms with Crippen molar-refractivity contribution in [3.8, 4) is 17.0 Å². The van der Waals surface area contributed by atoms with Gasteiger partial charge in [0, 0.05) is 5.56 Å². The Hall–Kier alpha value is -2.72. The Balaban J connectivity index is 1.91. The number of benzene rings is 1. The lowest BCUT2D eigenvalue weighted by atomic mass is 10.0. The maximum absolute atomic E-state index is 12.8. The largest absolute Gasteiger partial charge is 0.507 e. The van der Waals surface area contributed by atoms with E-state index in [1.807, 2.05) is 0 Å². The molecule has 0 radical (unpaired) electrons. The van der Waals surface area contributed by atoms with Crippen molar-refractivity contribution >= 4 is 11.7 Å². The van der Waals surface area contributed by atoms with Crippen LogP contribution in [0.5, 0.6) is 5.75 Å². The number of hydrogen-bond donors (Lipinski definition) is 2. The van der Waals surface area contributed by atoms with Crippen molar-refractivity contribution in [3.05, 3.63) is 35.4 Å². The fourth-order valence-corrected chi connectivity index (χ4v) is 2.87. The van der Waals surface area contributed by atoms with Crippen LogP contribution in [0.25, 0.3) is 11.3 Å². The number of phenols is 1. The van der Waals surface area contributed by atoms with Gasteiger partial charge in [-0.2, -0.15) is 13.2 Å². The molecule has 144 valence electrons. The summed E-state index contributed by atoms with van der Waals surface area (Å²) in [6.45, 7) is 1.42. The molecular weight excluding hydrogens is 367 g/mol. The number of hydrogen-bond acceptors (Lipinski definition) is 6. The van der Waals surface area contributed by atoms with Gasteiger partial charge in [-0.05, 0) is 36.8 Å². The fourth-order valence-electron chi connectivity index (χ4n) is 2.87. The third kappa shape index (κ3) is 3.71. The third-order valence-corrected chi connectivity index (χ3v) is 4.17. The normalized spacial score (nSPS) is 18.0. The summed E-state index contributed by atoms with van der Waals surface area (Å²) in [6, 6.07) is 4.47. The van der Waals surface area contributed by atoms with E-state index in [0.717, 1.165) is 6.07 Å². The van der Waals surface area contributed by atoms with Gasteiger partial charge in [0.25, 0.3) is 5.91 Å². The Labute approximate surface area is 152 Å². The van der Waals surface area contributed by atoms with Gasteiger partial charge in [-0.15, -0.1) is 10.2 Å². The van der Waals surface area contributed by atoms with Crippen LogP contribution in [-0.4, -0.2) is 52.2 Å². The molecule has 3 rings (SSSR count).